The summed E-state index contributed by atoms with van der Waals surface area (Å²) < 4.78 is 23.3. The number of fused-ring (bicyclic) bond motifs is 1. The number of ether oxygens (including phenoxy) is 1. The van der Waals surface area contributed by atoms with Crippen molar-refractivity contribution in [1.29, 1.82) is 0 Å². The molecule has 44 heavy (non-hydrogen) atoms. The van der Waals surface area contributed by atoms with Crippen LogP contribution in [-0.4, -0.2) is 93.7 Å². The van der Waals surface area contributed by atoms with E-state index in [1.807, 2.05) is 0 Å². The van der Waals surface area contributed by atoms with Crippen molar-refractivity contribution in [3.63, 3.8) is 0 Å². The summed E-state index contributed by atoms with van der Waals surface area (Å²) in [5.74, 6) is -1.53. The topological polar surface area (TPSA) is 86.1 Å². The molecule has 2 N–H and O–H groups in total. The number of aliphatic hydroxyl groups is 2. The Bertz CT molecular complexity index is 1580. The van der Waals surface area contributed by atoms with Gasteiger partial charge in [0.15, 0.2) is 5.72 Å². The minimum atomic E-state index is -2.38. The van der Waals surface area contributed by atoms with Crippen molar-refractivity contribution in [2.75, 3.05) is 20.6 Å². The molecule has 1 amide bonds. The predicted octanol–water partition coefficient (Wildman–Crippen LogP) is 2.92. The van der Waals surface area contributed by atoms with Gasteiger partial charge in [-0.3, -0.25) is 14.7 Å². The van der Waals surface area contributed by atoms with Crippen LogP contribution < -0.4 is 0 Å². The molecule has 5 rings (SSSR count). The SMILES string of the molecule is [B]C([B])(O)C1(C([B])([B])O[C@]2(c3ccc(Cl)cc3)c3c(F)cc(C(C)(O)CN(C)C)cc3C(=O)N2Cc2ccc(Cl)cn2)CC1. The normalized spacial score (nSPS) is 20.9. The lowest BCUT2D eigenvalue weighted by molar-refractivity contribution is -0.169. The first-order valence-electron chi connectivity index (χ1n) is 13.8. The molecule has 14 heteroatoms. The first-order valence-corrected chi connectivity index (χ1v) is 14.6. The Morgan fingerprint density at radius 3 is 2.18 bits per heavy atom. The van der Waals surface area contributed by atoms with Gasteiger partial charge in [0, 0.05) is 28.7 Å². The molecule has 220 valence electrons. The maximum absolute atomic E-state index is 16.7. The van der Waals surface area contributed by atoms with Crippen molar-refractivity contribution in [2.45, 2.75) is 48.4 Å². The third kappa shape index (κ3) is 5.52. The Kier molecular flexibility index (Phi) is 8.39. The van der Waals surface area contributed by atoms with Gasteiger partial charge in [0.2, 0.25) is 0 Å². The Morgan fingerprint density at radius 1 is 1.05 bits per heavy atom. The number of amides is 1. The maximum Gasteiger partial charge on any atom is 0.257 e. The van der Waals surface area contributed by atoms with E-state index < -0.39 is 39.3 Å². The van der Waals surface area contributed by atoms with Crippen LogP contribution in [0.3, 0.4) is 0 Å². The van der Waals surface area contributed by atoms with E-state index in [0.717, 1.165) is 6.07 Å². The number of carbonyl (C=O) groups is 1. The zero-order chi connectivity index (χ0) is 32.5. The highest BCUT2D eigenvalue weighted by molar-refractivity contribution is 6.45. The Hall–Kier alpha value is -2.33. The summed E-state index contributed by atoms with van der Waals surface area (Å²) in [6, 6.07) is 12.0. The van der Waals surface area contributed by atoms with E-state index in [1.54, 1.807) is 55.4 Å². The molecule has 8 radical (unpaired) electrons. The second kappa shape index (κ2) is 11.2. The third-order valence-corrected chi connectivity index (χ3v) is 8.93. The molecular formula is C30H28B4Cl2FN3O4. The van der Waals surface area contributed by atoms with Crippen molar-refractivity contribution in [1.82, 2.24) is 14.8 Å². The fourth-order valence-electron chi connectivity index (χ4n) is 6.12. The van der Waals surface area contributed by atoms with E-state index in [9.17, 15) is 15.0 Å². The molecule has 0 saturated heterocycles. The summed E-state index contributed by atoms with van der Waals surface area (Å²) in [7, 11) is 28.6. The number of pyridine rings is 1. The second-order valence-electron chi connectivity index (χ2n) is 12.2. The molecule has 1 fully saturated rings. The number of hydrogen-bond donors (Lipinski definition) is 2. The zero-order valence-electron chi connectivity index (χ0n) is 24.5. The van der Waals surface area contributed by atoms with Crippen molar-refractivity contribution >= 4 is 60.5 Å². The first-order chi connectivity index (χ1) is 20.3. The standard InChI is InChI=1S/C30H28B4Cl2FN3O4/c1-26(42,16-39(2)3)18-12-22-24(23(37)13-18)28(17-4-6-19(35)7-5-17,44-30(33,34)27(10-11-27)29(31,32)43)40(25(22)41)15-21-9-8-20(36)14-38-21/h4-9,12-14,42-43H,10-11,15-16H2,1-3H3/t26?,28-/m1/s1. The van der Waals surface area contributed by atoms with E-state index in [4.69, 9.17) is 59.3 Å². The van der Waals surface area contributed by atoms with Crippen LogP contribution in [0.15, 0.2) is 54.7 Å². The number of hydrogen-bond acceptors (Lipinski definition) is 6. The van der Waals surface area contributed by atoms with Crippen LogP contribution in [0.25, 0.3) is 0 Å². The number of carbonyl (C=O) groups excluding carboxylic acids is 1. The Labute approximate surface area is 271 Å². The molecule has 2 atom stereocenters. The lowest BCUT2D eigenvalue weighted by Gasteiger charge is -2.51. The molecule has 1 aromatic heterocycles. The van der Waals surface area contributed by atoms with Crippen LogP contribution in [0.2, 0.25) is 10.0 Å². The van der Waals surface area contributed by atoms with Gasteiger partial charge in [0.1, 0.15) is 21.5 Å². The summed E-state index contributed by atoms with van der Waals surface area (Å²) in [5, 5.41) is 18.1. The molecule has 1 aliphatic heterocycles. The van der Waals surface area contributed by atoms with Gasteiger partial charge in [-0.15, -0.1) is 0 Å². The van der Waals surface area contributed by atoms with Crippen molar-refractivity contribution < 1.29 is 24.1 Å². The zero-order valence-corrected chi connectivity index (χ0v) is 26.0. The fraction of sp³-hybridized carbons (Fsp3) is 0.400. The molecule has 0 spiro atoms. The van der Waals surface area contributed by atoms with E-state index in [-0.39, 0.29) is 48.2 Å². The molecule has 1 unspecified atom stereocenters. The minimum Gasteiger partial charge on any atom is -0.409 e. The number of benzene rings is 2. The van der Waals surface area contributed by atoms with Gasteiger partial charge in [-0.25, -0.2) is 4.39 Å². The number of rotatable bonds is 10. The highest BCUT2D eigenvalue weighted by Crippen LogP contribution is 2.61. The highest BCUT2D eigenvalue weighted by Gasteiger charge is 2.65. The Balaban J connectivity index is 1.80. The lowest BCUT2D eigenvalue weighted by Crippen LogP contribution is -2.62. The van der Waals surface area contributed by atoms with Gasteiger partial charge in [0.25, 0.3) is 5.91 Å². The average molecular weight is 628 g/mol. The quantitative estimate of drug-likeness (QED) is 0.337. The van der Waals surface area contributed by atoms with Crippen LogP contribution in [-0.2, 0) is 22.6 Å². The maximum atomic E-state index is 16.7. The summed E-state index contributed by atoms with van der Waals surface area (Å²) in [5.41, 5.74) is -4.75. The molecule has 3 aromatic rings. The minimum absolute atomic E-state index is 0.0978. The van der Waals surface area contributed by atoms with Crippen LogP contribution in [0.1, 0.15) is 52.5 Å². The number of nitrogens with zero attached hydrogens (tertiary/aromatic N) is 3. The van der Waals surface area contributed by atoms with Gasteiger partial charge < -0.3 is 19.8 Å². The van der Waals surface area contributed by atoms with E-state index in [2.05, 4.69) is 4.98 Å². The van der Waals surface area contributed by atoms with Crippen molar-refractivity contribution in [3.8, 4) is 0 Å². The molecular weight excluding hydrogens is 599 g/mol. The molecule has 2 heterocycles. The summed E-state index contributed by atoms with van der Waals surface area (Å²) in [4.78, 5) is 21.8. The van der Waals surface area contributed by atoms with Gasteiger partial charge in [-0.2, -0.15) is 0 Å². The molecule has 1 aliphatic carbocycles. The van der Waals surface area contributed by atoms with Gasteiger partial charge in [-0.1, -0.05) is 35.3 Å². The van der Waals surface area contributed by atoms with Gasteiger partial charge in [-0.05, 0) is 86.6 Å². The summed E-state index contributed by atoms with van der Waals surface area (Å²) >= 11 is 12.3. The van der Waals surface area contributed by atoms with E-state index in [1.165, 1.54) is 24.1 Å². The summed E-state index contributed by atoms with van der Waals surface area (Å²) in [6.07, 6.45) is 1.79. The predicted molar refractivity (Wildman–Crippen MR) is 169 cm³/mol. The average Bonchev–Trinajstić information content (AvgIpc) is 3.71. The van der Waals surface area contributed by atoms with Crippen molar-refractivity contribution in [3.05, 3.63) is 98.5 Å². The van der Waals surface area contributed by atoms with Gasteiger partial charge >= 0.3 is 0 Å². The van der Waals surface area contributed by atoms with Gasteiger partial charge in [0.05, 0.1) is 49.7 Å². The monoisotopic (exact) mass is 627 g/mol. The molecule has 2 aromatic carbocycles. The largest absolute Gasteiger partial charge is 0.409 e. The third-order valence-electron chi connectivity index (χ3n) is 8.46. The second-order valence-corrected chi connectivity index (χ2v) is 13.1. The van der Waals surface area contributed by atoms with Crippen LogP contribution >= 0.6 is 23.2 Å². The fourth-order valence-corrected chi connectivity index (χ4v) is 6.36. The van der Waals surface area contributed by atoms with Crippen LogP contribution in [0.5, 0.6) is 0 Å². The van der Waals surface area contributed by atoms with E-state index in [0.29, 0.717) is 15.7 Å². The molecule has 7 nitrogen and oxygen atoms in total. The van der Waals surface area contributed by atoms with E-state index >= 15 is 4.39 Å². The molecule has 1 saturated carbocycles. The van der Waals surface area contributed by atoms with Crippen molar-refractivity contribution in [2.24, 2.45) is 5.41 Å². The highest BCUT2D eigenvalue weighted by atomic mass is 35.5. The smallest absolute Gasteiger partial charge is 0.257 e. The summed E-state index contributed by atoms with van der Waals surface area (Å²) in [6.45, 7) is 1.45. The number of halogens is 3. The molecule has 2 aliphatic rings. The lowest BCUT2D eigenvalue weighted by atomic mass is 9.43. The molecule has 0 bridgehead atoms. The van der Waals surface area contributed by atoms with Crippen LogP contribution in [0, 0.1) is 11.2 Å². The Morgan fingerprint density at radius 2 is 1.66 bits per heavy atom. The van der Waals surface area contributed by atoms with Crippen LogP contribution in [0.4, 0.5) is 4.39 Å². The number of likely N-dealkylation sites (N-methyl/N-ethyl adjacent to an activating group) is 1. The number of aromatic nitrogens is 1. The first kappa shape index (κ1) is 33.0.